The van der Waals surface area contributed by atoms with Crippen LogP contribution in [0.3, 0.4) is 0 Å². The Morgan fingerprint density at radius 3 is 2.63 bits per heavy atom. The molecule has 1 saturated heterocycles. The minimum atomic E-state index is -0.279. The lowest BCUT2D eigenvalue weighted by atomic mass is 10.0. The third-order valence-electron chi connectivity index (χ3n) is 3.21. The standard InChI is InChI=1S/C13H17N3O3/c1-9(17)15-11-3-6-16(7-4-11)13(19)10-2-5-14-12(18)8-10/h2,5,8,11H,3-4,6-7H2,1H3,(H,14,18)(H,15,17). The predicted molar refractivity (Wildman–Crippen MR) is 69.8 cm³/mol. The van der Waals surface area contributed by atoms with E-state index >= 15 is 0 Å². The van der Waals surface area contributed by atoms with Crippen molar-refractivity contribution < 1.29 is 9.59 Å². The molecule has 6 heteroatoms. The zero-order valence-electron chi connectivity index (χ0n) is 10.8. The molecule has 2 heterocycles. The van der Waals surface area contributed by atoms with Crippen LogP contribution in [0.5, 0.6) is 0 Å². The summed E-state index contributed by atoms with van der Waals surface area (Å²) < 4.78 is 0. The Morgan fingerprint density at radius 1 is 1.37 bits per heavy atom. The van der Waals surface area contributed by atoms with Gasteiger partial charge in [0, 0.05) is 43.9 Å². The lowest BCUT2D eigenvalue weighted by Crippen LogP contribution is -2.46. The Morgan fingerprint density at radius 2 is 2.05 bits per heavy atom. The summed E-state index contributed by atoms with van der Waals surface area (Å²) in [6, 6.07) is 3.05. The van der Waals surface area contributed by atoms with Crippen molar-refractivity contribution in [3.05, 3.63) is 34.2 Å². The number of piperidine rings is 1. The molecular weight excluding hydrogens is 246 g/mol. The number of nitrogens with zero attached hydrogens (tertiary/aromatic N) is 1. The molecule has 0 bridgehead atoms. The molecule has 1 aromatic rings. The second-order valence-corrected chi connectivity index (χ2v) is 4.71. The van der Waals surface area contributed by atoms with E-state index in [0.717, 1.165) is 12.8 Å². The van der Waals surface area contributed by atoms with Gasteiger partial charge >= 0.3 is 0 Å². The minimum absolute atomic E-state index is 0.0423. The SMILES string of the molecule is CC(=O)NC1CCN(C(=O)c2cc[nH]c(=O)c2)CC1. The molecule has 0 saturated carbocycles. The Bertz CT molecular complexity index is 530. The lowest BCUT2D eigenvalue weighted by Gasteiger charge is -2.32. The fraction of sp³-hybridized carbons (Fsp3) is 0.462. The molecular formula is C13H17N3O3. The van der Waals surface area contributed by atoms with Crippen molar-refractivity contribution in [3.63, 3.8) is 0 Å². The van der Waals surface area contributed by atoms with Crippen LogP contribution in [0.4, 0.5) is 0 Å². The van der Waals surface area contributed by atoms with E-state index in [1.54, 1.807) is 11.0 Å². The molecule has 2 rings (SSSR count). The lowest BCUT2D eigenvalue weighted by molar-refractivity contribution is -0.119. The minimum Gasteiger partial charge on any atom is -0.353 e. The molecule has 0 spiro atoms. The monoisotopic (exact) mass is 263 g/mol. The Balaban J connectivity index is 1.96. The molecule has 2 amide bonds. The van der Waals surface area contributed by atoms with Crippen LogP contribution in [0.1, 0.15) is 30.1 Å². The molecule has 1 aliphatic rings. The maximum atomic E-state index is 12.2. The van der Waals surface area contributed by atoms with Gasteiger partial charge in [0.05, 0.1) is 0 Å². The van der Waals surface area contributed by atoms with Gasteiger partial charge in [-0.05, 0) is 18.9 Å². The Kier molecular flexibility index (Phi) is 3.99. The molecule has 1 aromatic heterocycles. The number of carbonyl (C=O) groups excluding carboxylic acids is 2. The zero-order valence-corrected chi connectivity index (χ0v) is 10.8. The number of likely N-dealkylation sites (tertiary alicyclic amines) is 1. The van der Waals surface area contributed by atoms with E-state index in [4.69, 9.17) is 0 Å². The largest absolute Gasteiger partial charge is 0.353 e. The molecule has 6 nitrogen and oxygen atoms in total. The highest BCUT2D eigenvalue weighted by Gasteiger charge is 2.23. The van der Waals surface area contributed by atoms with Crippen molar-refractivity contribution in [2.75, 3.05) is 13.1 Å². The van der Waals surface area contributed by atoms with Crippen molar-refractivity contribution in [1.29, 1.82) is 0 Å². The quantitative estimate of drug-likeness (QED) is 0.795. The van der Waals surface area contributed by atoms with Gasteiger partial charge in [0.2, 0.25) is 11.5 Å². The van der Waals surface area contributed by atoms with E-state index in [1.807, 2.05) is 0 Å². The number of rotatable bonds is 2. The molecule has 0 radical (unpaired) electrons. The summed E-state index contributed by atoms with van der Waals surface area (Å²) in [5.74, 6) is -0.174. The number of H-pyrrole nitrogens is 1. The molecule has 0 unspecified atom stereocenters. The van der Waals surface area contributed by atoms with Crippen LogP contribution in [0.25, 0.3) is 0 Å². The molecule has 2 N–H and O–H groups in total. The molecule has 102 valence electrons. The predicted octanol–water partition coefficient (Wildman–Crippen LogP) is 0.116. The molecule has 0 aromatic carbocycles. The Labute approximate surface area is 110 Å². The fourth-order valence-electron chi connectivity index (χ4n) is 2.27. The summed E-state index contributed by atoms with van der Waals surface area (Å²) in [5, 5.41) is 2.86. The van der Waals surface area contributed by atoms with Crippen LogP contribution in [0.2, 0.25) is 0 Å². The second-order valence-electron chi connectivity index (χ2n) is 4.71. The topological polar surface area (TPSA) is 82.3 Å². The van der Waals surface area contributed by atoms with E-state index in [0.29, 0.717) is 18.7 Å². The van der Waals surface area contributed by atoms with Crippen LogP contribution < -0.4 is 10.9 Å². The molecule has 0 aliphatic carbocycles. The first kappa shape index (κ1) is 13.3. The zero-order chi connectivity index (χ0) is 13.8. The van der Waals surface area contributed by atoms with E-state index < -0.39 is 0 Å². The summed E-state index contributed by atoms with van der Waals surface area (Å²) in [4.78, 5) is 38.5. The molecule has 1 fully saturated rings. The molecule has 0 atom stereocenters. The van der Waals surface area contributed by atoms with Gasteiger partial charge in [-0.2, -0.15) is 0 Å². The highest BCUT2D eigenvalue weighted by Crippen LogP contribution is 2.13. The smallest absolute Gasteiger partial charge is 0.254 e. The van der Waals surface area contributed by atoms with E-state index in [-0.39, 0.29) is 23.4 Å². The fourth-order valence-corrected chi connectivity index (χ4v) is 2.27. The summed E-state index contributed by atoms with van der Waals surface area (Å²) in [5.41, 5.74) is 0.126. The van der Waals surface area contributed by atoms with E-state index in [2.05, 4.69) is 10.3 Å². The van der Waals surface area contributed by atoms with Gasteiger partial charge in [0.25, 0.3) is 5.91 Å². The van der Waals surface area contributed by atoms with Crippen LogP contribution in [-0.4, -0.2) is 40.8 Å². The number of nitrogens with one attached hydrogen (secondary N) is 2. The van der Waals surface area contributed by atoms with Gasteiger partial charge in [-0.15, -0.1) is 0 Å². The summed E-state index contributed by atoms with van der Waals surface area (Å²) in [7, 11) is 0. The summed E-state index contributed by atoms with van der Waals surface area (Å²) >= 11 is 0. The van der Waals surface area contributed by atoms with E-state index in [9.17, 15) is 14.4 Å². The van der Waals surface area contributed by atoms with Crippen molar-refractivity contribution in [3.8, 4) is 0 Å². The highest BCUT2D eigenvalue weighted by molar-refractivity contribution is 5.94. The Hall–Kier alpha value is -2.11. The third kappa shape index (κ3) is 3.43. The van der Waals surface area contributed by atoms with Crippen molar-refractivity contribution in [2.24, 2.45) is 0 Å². The first-order valence-corrected chi connectivity index (χ1v) is 6.31. The van der Waals surface area contributed by atoms with Gasteiger partial charge in [-0.25, -0.2) is 0 Å². The number of hydrogen-bond donors (Lipinski definition) is 2. The number of aromatic amines is 1. The molecule has 1 aliphatic heterocycles. The number of hydrogen-bond acceptors (Lipinski definition) is 3. The van der Waals surface area contributed by atoms with Crippen LogP contribution in [0.15, 0.2) is 23.1 Å². The van der Waals surface area contributed by atoms with Gasteiger partial charge in [-0.3, -0.25) is 14.4 Å². The highest BCUT2D eigenvalue weighted by atomic mass is 16.2. The average Bonchev–Trinajstić information content (AvgIpc) is 2.38. The third-order valence-corrected chi connectivity index (χ3v) is 3.21. The van der Waals surface area contributed by atoms with Gasteiger partial charge in [0.15, 0.2) is 0 Å². The van der Waals surface area contributed by atoms with Crippen LogP contribution in [-0.2, 0) is 4.79 Å². The average molecular weight is 263 g/mol. The number of aromatic nitrogens is 1. The summed E-state index contributed by atoms with van der Waals surface area (Å²) in [6.07, 6.45) is 2.96. The first-order valence-electron chi connectivity index (χ1n) is 6.31. The van der Waals surface area contributed by atoms with Gasteiger partial charge in [0.1, 0.15) is 0 Å². The number of carbonyl (C=O) groups is 2. The maximum Gasteiger partial charge on any atom is 0.254 e. The first-order chi connectivity index (χ1) is 9.06. The van der Waals surface area contributed by atoms with Gasteiger partial charge in [-0.1, -0.05) is 0 Å². The van der Waals surface area contributed by atoms with Crippen molar-refractivity contribution >= 4 is 11.8 Å². The van der Waals surface area contributed by atoms with Crippen LogP contribution >= 0.6 is 0 Å². The van der Waals surface area contributed by atoms with E-state index in [1.165, 1.54) is 19.2 Å². The second kappa shape index (κ2) is 5.69. The molecule has 19 heavy (non-hydrogen) atoms. The number of amides is 2. The van der Waals surface area contributed by atoms with Gasteiger partial charge < -0.3 is 15.2 Å². The number of pyridine rings is 1. The maximum absolute atomic E-state index is 12.2. The normalized spacial score (nSPS) is 16.2. The van der Waals surface area contributed by atoms with Crippen molar-refractivity contribution in [2.45, 2.75) is 25.8 Å². The summed E-state index contributed by atoms with van der Waals surface area (Å²) in [6.45, 7) is 2.68. The van der Waals surface area contributed by atoms with Crippen LogP contribution in [0, 0.1) is 0 Å². The van der Waals surface area contributed by atoms with Crippen molar-refractivity contribution in [1.82, 2.24) is 15.2 Å².